The van der Waals surface area contributed by atoms with Crippen LogP contribution in [0.5, 0.6) is 5.75 Å². The van der Waals surface area contributed by atoms with Gasteiger partial charge in [-0.1, -0.05) is 29.3 Å². The molecule has 0 aliphatic carbocycles. The summed E-state index contributed by atoms with van der Waals surface area (Å²) in [5.41, 5.74) is 2.93. The third-order valence-electron chi connectivity index (χ3n) is 5.37. The summed E-state index contributed by atoms with van der Waals surface area (Å²) in [5.74, 6) is 1.27. The van der Waals surface area contributed by atoms with E-state index in [1.54, 1.807) is 36.4 Å². The molecule has 2 aromatic heterocycles. The van der Waals surface area contributed by atoms with Crippen LogP contribution in [0.2, 0.25) is 5.02 Å². The molecule has 3 aromatic carbocycles. The number of aromatic nitrogens is 2. The smallest absolute Gasteiger partial charge is 0.339 e. The van der Waals surface area contributed by atoms with E-state index in [0.717, 1.165) is 11.1 Å². The van der Waals surface area contributed by atoms with Crippen molar-refractivity contribution in [1.82, 2.24) is 9.97 Å². The van der Waals surface area contributed by atoms with E-state index in [9.17, 15) is 13.2 Å². The molecule has 0 radical (unpaired) electrons. The number of hydrogen-bond donors (Lipinski definition) is 1. The van der Waals surface area contributed by atoms with Crippen molar-refractivity contribution in [2.24, 2.45) is 0 Å². The summed E-state index contributed by atoms with van der Waals surface area (Å²) in [4.78, 5) is 19.6. The van der Waals surface area contributed by atoms with Crippen molar-refractivity contribution in [3.8, 4) is 17.1 Å². The highest BCUT2D eigenvalue weighted by atomic mass is 35.5. The molecular weight excluding hydrogens is 502 g/mol. The molecule has 36 heavy (non-hydrogen) atoms. The number of benzene rings is 3. The minimum absolute atomic E-state index is 0.00132. The molecule has 0 saturated heterocycles. The zero-order valence-electron chi connectivity index (χ0n) is 18.8. The van der Waals surface area contributed by atoms with Gasteiger partial charge in [0, 0.05) is 16.6 Å². The van der Waals surface area contributed by atoms with Gasteiger partial charge in [-0.25, -0.2) is 9.97 Å². The number of fused-ring (bicyclic) bond motifs is 1. The van der Waals surface area contributed by atoms with Crippen LogP contribution in [0.4, 0.5) is 11.5 Å². The number of halogens is 1. The van der Waals surface area contributed by atoms with Crippen molar-refractivity contribution < 1.29 is 21.8 Å². The van der Waals surface area contributed by atoms with Crippen LogP contribution in [0.25, 0.3) is 22.2 Å². The Morgan fingerprint density at radius 2 is 1.78 bits per heavy atom. The number of rotatable bonds is 7. The van der Waals surface area contributed by atoms with Crippen molar-refractivity contribution >= 4 is 50.4 Å². The Morgan fingerprint density at radius 3 is 2.50 bits per heavy atom. The number of carbonyl (C=O) groups excluding carboxylic acids is 1. The standard InChI is InChI=1S/C26H18ClN3O5S/c1-16-2-7-20(8-3-16)36(32,33)35-25-10-5-18(13-22(25)27)30-26-21-12-17(4-9-23(21)28-15-29-26)24-11-6-19(14-31)34-24/h2-15H,1H3,(H,28,29,30). The second kappa shape index (κ2) is 9.44. The van der Waals surface area contributed by atoms with Crippen molar-refractivity contribution in [3.05, 3.63) is 95.5 Å². The van der Waals surface area contributed by atoms with Crippen LogP contribution < -0.4 is 9.50 Å². The van der Waals surface area contributed by atoms with Gasteiger partial charge in [0.2, 0.25) is 0 Å². The van der Waals surface area contributed by atoms with Crippen LogP contribution in [0.3, 0.4) is 0 Å². The SMILES string of the molecule is Cc1ccc(S(=O)(=O)Oc2ccc(Nc3ncnc4ccc(-c5ccc(C=O)o5)cc34)cc2Cl)cc1. The van der Waals surface area contributed by atoms with Gasteiger partial charge in [-0.15, -0.1) is 0 Å². The maximum Gasteiger partial charge on any atom is 0.339 e. The molecule has 1 N–H and O–H groups in total. The van der Waals surface area contributed by atoms with Gasteiger partial charge in [-0.2, -0.15) is 8.42 Å². The van der Waals surface area contributed by atoms with Gasteiger partial charge in [0.05, 0.1) is 10.5 Å². The molecule has 0 amide bonds. The fraction of sp³-hybridized carbons (Fsp3) is 0.0385. The summed E-state index contributed by atoms with van der Waals surface area (Å²) < 4.78 is 36.0. The van der Waals surface area contributed by atoms with Crippen molar-refractivity contribution in [2.75, 3.05) is 5.32 Å². The number of anilines is 2. The van der Waals surface area contributed by atoms with Crippen molar-refractivity contribution in [2.45, 2.75) is 11.8 Å². The van der Waals surface area contributed by atoms with E-state index in [2.05, 4.69) is 15.3 Å². The van der Waals surface area contributed by atoms with Crippen LogP contribution in [-0.4, -0.2) is 24.7 Å². The number of aryl methyl sites for hydroxylation is 1. The van der Waals surface area contributed by atoms with Gasteiger partial charge in [0.15, 0.2) is 17.8 Å². The number of aldehydes is 1. The lowest BCUT2D eigenvalue weighted by Crippen LogP contribution is -2.10. The number of nitrogens with one attached hydrogen (secondary N) is 1. The summed E-state index contributed by atoms with van der Waals surface area (Å²) in [7, 11) is -4.04. The van der Waals surface area contributed by atoms with Crippen molar-refractivity contribution in [1.29, 1.82) is 0 Å². The molecule has 2 heterocycles. The van der Waals surface area contributed by atoms with Gasteiger partial charge in [0.1, 0.15) is 22.8 Å². The molecule has 0 fully saturated rings. The first-order chi connectivity index (χ1) is 17.3. The molecule has 0 aliphatic rings. The predicted octanol–water partition coefficient (Wildman–Crippen LogP) is 6.18. The summed E-state index contributed by atoms with van der Waals surface area (Å²) in [6, 6.07) is 19.8. The molecule has 5 rings (SSSR count). The van der Waals surface area contributed by atoms with E-state index in [1.807, 2.05) is 25.1 Å². The second-order valence-electron chi connectivity index (χ2n) is 7.89. The monoisotopic (exact) mass is 519 g/mol. The topological polar surface area (TPSA) is 111 Å². The maximum absolute atomic E-state index is 12.6. The molecule has 0 bridgehead atoms. The lowest BCUT2D eigenvalue weighted by molar-refractivity contribution is 0.110. The Balaban J connectivity index is 1.42. The van der Waals surface area contributed by atoms with Crippen LogP contribution >= 0.6 is 11.6 Å². The molecular formula is C26H18ClN3O5S. The van der Waals surface area contributed by atoms with E-state index in [-0.39, 0.29) is 21.4 Å². The average Bonchev–Trinajstić information content (AvgIpc) is 3.35. The summed E-state index contributed by atoms with van der Waals surface area (Å²) >= 11 is 6.35. The van der Waals surface area contributed by atoms with E-state index in [4.69, 9.17) is 20.2 Å². The lowest BCUT2D eigenvalue weighted by atomic mass is 10.1. The third-order valence-corrected chi connectivity index (χ3v) is 6.91. The molecule has 10 heteroatoms. The van der Waals surface area contributed by atoms with Crippen molar-refractivity contribution in [3.63, 3.8) is 0 Å². The van der Waals surface area contributed by atoms with E-state index >= 15 is 0 Å². The predicted molar refractivity (Wildman–Crippen MR) is 136 cm³/mol. The first-order valence-corrected chi connectivity index (χ1v) is 12.5. The molecule has 5 aromatic rings. The minimum atomic E-state index is -4.04. The van der Waals surface area contributed by atoms with Crippen LogP contribution in [0, 0.1) is 6.92 Å². The molecule has 180 valence electrons. The molecule has 0 aliphatic heterocycles. The van der Waals surface area contributed by atoms with Gasteiger partial charge in [-0.3, -0.25) is 4.79 Å². The zero-order chi connectivity index (χ0) is 25.3. The van der Waals surface area contributed by atoms with Gasteiger partial charge >= 0.3 is 10.1 Å². The van der Waals surface area contributed by atoms with Gasteiger partial charge < -0.3 is 13.9 Å². The molecule has 0 saturated carbocycles. The fourth-order valence-electron chi connectivity index (χ4n) is 3.53. The Hall–Kier alpha value is -4.21. The highest BCUT2D eigenvalue weighted by Gasteiger charge is 2.18. The van der Waals surface area contributed by atoms with Gasteiger partial charge in [0.25, 0.3) is 0 Å². The summed E-state index contributed by atoms with van der Waals surface area (Å²) in [6.07, 6.45) is 2.07. The van der Waals surface area contributed by atoms with E-state index < -0.39 is 10.1 Å². The zero-order valence-corrected chi connectivity index (χ0v) is 20.4. The summed E-state index contributed by atoms with van der Waals surface area (Å²) in [5, 5.41) is 3.99. The number of nitrogens with zero attached hydrogens (tertiary/aromatic N) is 2. The second-order valence-corrected chi connectivity index (χ2v) is 9.85. The Labute approximate surface area is 211 Å². The van der Waals surface area contributed by atoms with Crippen LogP contribution in [-0.2, 0) is 10.1 Å². The molecule has 0 spiro atoms. The first-order valence-electron chi connectivity index (χ1n) is 10.7. The van der Waals surface area contributed by atoms with Crippen LogP contribution in [0.15, 0.2) is 88.4 Å². The molecule has 0 unspecified atom stereocenters. The number of furan rings is 1. The molecule has 0 atom stereocenters. The fourth-order valence-corrected chi connectivity index (χ4v) is 4.75. The summed E-state index contributed by atoms with van der Waals surface area (Å²) in [6.45, 7) is 1.86. The Bertz CT molecular complexity index is 1700. The quantitative estimate of drug-likeness (QED) is 0.200. The highest BCUT2D eigenvalue weighted by Crippen LogP contribution is 2.33. The van der Waals surface area contributed by atoms with Gasteiger partial charge in [-0.05, 0) is 67.6 Å². The average molecular weight is 520 g/mol. The molecule has 8 nitrogen and oxygen atoms in total. The largest absolute Gasteiger partial charge is 0.453 e. The lowest BCUT2D eigenvalue weighted by Gasteiger charge is -2.12. The Kier molecular flexibility index (Phi) is 6.17. The van der Waals surface area contributed by atoms with Crippen LogP contribution in [0.1, 0.15) is 16.1 Å². The minimum Gasteiger partial charge on any atom is -0.453 e. The first kappa shape index (κ1) is 23.5. The maximum atomic E-state index is 12.6. The van der Waals surface area contributed by atoms with E-state index in [1.165, 1.54) is 24.5 Å². The number of carbonyl (C=O) groups is 1. The highest BCUT2D eigenvalue weighted by molar-refractivity contribution is 7.87. The normalized spacial score (nSPS) is 11.4. The Morgan fingerprint density at radius 1 is 0.972 bits per heavy atom. The van der Waals surface area contributed by atoms with E-state index in [0.29, 0.717) is 34.5 Å². The number of hydrogen-bond acceptors (Lipinski definition) is 8. The third kappa shape index (κ3) is 4.79.